The van der Waals surface area contributed by atoms with E-state index in [2.05, 4.69) is 26.1 Å². The maximum atomic E-state index is 13.9. The Balaban J connectivity index is 2.55. The van der Waals surface area contributed by atoms with Crippen LogP contribution in [0.1, 0.15) is 27.3 Å². The van der Waals surface area contributed by atoms with Crippen LogP contribution in [0.15, 0.2) is 28.7 Å². The largest absolute Gasteiger partial charge is 0.288 e. The molecular weight excluding hydrogens is 299 g/mol. The normalized spacial score (nSPS) is 10.4. The molecule has 0 bridgehead atoms. The van der Waals surface area contributed by atoms with Crippen molar-refractivity contribution >= 4 is 21.7 Å². The lowest BCUT2D eigenvalue weighted by Gasteiger charge is -2.06. The lowest BCUT2D eigenvalue weighted by atomic mass is 10.0. The van der Waals surface area contributed by atoms with E-state index in [1.807, 2.05) is 0 Å². The van der Waals surface area contributed by atoms with E-state index in [1.54, 1.807) is 32.0 Å². The van der Waals surface area contributed by atoms with Crippen molar-refractivity contribution in [2.24, 2.45) is 0 Å². The average molecular weight is 309 g/mol. The quantitative estimate of drug-likeness (QED) is 0.800. The molecule has 0 radical (unpaired) electrons. The Hall–Kier alpha value is -1.62. The van der Waals surface area contributed by atoms with Crippen molar-refractivity contribution in [2.75, 3.05) is 0 Å². The van der Waals surface area contributed by atoms with Gasteiger partial charge >= 0.3 is 0 Å². The molecule has 0 atom stereocenters. The van der Waals surface area contributed by atoms with Crippen molar-refractivity contribution in [3.63, 3.8) is 0 Å². The van der Waals surface area contributed by atoms with Crippen LogP contribution in [0.2, 0.25) is 0 Å². The summed E-state index contributed by atoms with van der Waals surface area (Å²) in [7, 11) is 0. The van der Waals surface area contributed by atoms with Gasteiger partial charge in [-0.05, 0) is 48.0 Å². The average Bonchev–Trinajstić information content (AvgIpc) is 2.35. The Morgan fingerprint density at radius 2 is 1.94 bits per heavy atom. The van der Waals surface area contributed by atoms with Gasteiger partial charge in [-0.15, -0.1) is 0 Å². The summed E-state index contributed by atoms with van der Waals surface area (Å²) < 4.78 is 14.1. The van der Waals surface area contributed by atoms with E-state index in [0.29, 0.717) is 17.0 Å². The smallest absolute Gasteiger partial charge is 0.197 e. The number of rotatable bonds is 2. The number of ketones is 1. The van der Waals surface area contributed by atoms with Crippen molar-refractivity contribution in [3.8, 4) is 0 Å². The topological polar surface area (TPSA) is 42.9 Å². The van der Waals surface area contributed by atoms with Crippen LogP contribution < -0.4 is 0 Å². The van der Waals surface area contributed by atoms with E-state index in [9.17, 15) is 9.18 Å². The first-order valence-corrected chi connectivity index (χ1v) is 6.09. The molecule has 0 aliphatic rings. The number of hydrogen-bond donors (Lipinski definition) is 0. The SMILES string of the molecule is Cc1cc(C(=O)c2cccc(Br)c2F)c(C)nn1. The van der Waals surface area contributed by atoms with Gasteiger partial charge in [-0.3, -0.25) is 4.79 Å². The summed E-state index contributed by atoms with van der Waals surface area (Å²) in [5.74, 6) is -0.944. The second-order valence-corrected chi connectivity index (χ2v) is 4.77. The molecule has 0 spiro atoms. The Kier molecular flexibility index (Phi) is 3.52. The van der Waals surface area contributed by atoms with Crippen LogP contribution in [0.4, 0.5) is 4.39 Å². The molecule has 0 saturated carbocycles. The first-order chi connectivity index (χ1) is 8.50. The fourth-order valence-corrected chi connectivity index (χ4v) is 1.97. The lowest BCUT2D eigenvalue weighted by Crippen LogP contribution is -2.09. The summed E-state index contributed by atoms with van der Waals surface area (Å²) in [6, 6.07) is 6.24. The summed E-state index contributed by atoms with van der Waals surface area (Å²) in [6.07, 6.45) is 0. The maximum Gasteiger partial charge on any atom is 0.197 e. The van der Waals surface area contributed by atoms with Crippen LogP contribution in [0.25, 0.3) is 0 Å². The number of hydrogen-bond acceptors (Lipinski definition) is 3. The van der Waals surface area contributed by atoms with Gasteiger partial charge in [0.1, 0.15) is 5.82 Å². The van der Waals surface area contributed by atoms with Gasteiger partial charge in [0.25, 0.3) is 0 Å². The Bertz CT molecular complexity index is 624. The Morgan fingerprint density at radius 3 is 2.67 bits per heavy atom. The molecule has 0 fully saturated rings. The Morgan fingerprint density at radius 1 is 1.22 bits per heavy atom. The van der Waals surface area contributed by atoms with Crippen molar-refractivity contribution in [1.29, 1.82) is 0 Å². The number of carbonyl (C=O) groups is 1. The number of aryl methyl sites for hydroxylation is 2. The van der Waals surface area contributed by atoms with Gasteiger partial charge in [0.2, 0.25) is 0 Å². The number of benzene rings is 1. The molecule has 0 N–H and O–H groups in total. The standard InChI is InChI=1S/C13H10BrFN2O/c1-7-6-10(8(2)17-16-7)13(18)9-4-3-5-11(14)12(9)15/h3-6H,1-2H3. The van der Waals surface area contributed by atoms with Crippen LogP contribution in [0.3, 0.4) is 0 Å². The molecule has 92 valence electrons. The first kappa shape index (κ1) is 12.8. The first-order valence-electron chi connectivity index (χ1n) is 5.30. The van der Waals surface area contributed by atoms with Crippen LogP contribution in [0, 0.1) is 19.7 Å². The number of halogens is 2. The van der Waals surface area contributed by atoms with E-state index in [4.69, 9.17) is 0 Å². The Labute approximate surface area is 112 Å². The zero-order valence-electron chi connectivity index (χ0n) is 9.87. The molecule has 18 heavy (non-hydrogen) atoms. The highest BCUT2D eigenvalue weighted by Gasteiger charge is 2.18. The third kappa shape index (κ3) is 2.31. The summed E-state index contributed by atoms with van der Waals surface area (Å²) >= 11 is 3.06. The third-order valence-corrected chi connectivity index (χ3v) is 3.15. The van der Waals surface area contributed by atoms with Gasteiger partial charge in [-0.25, -0.2) is 4.39 Å². The van der Waals surface area contributed by atoms with Gasteiger partial charge in [0.05, 0.1) is 21.4 Å². The molecule has 2 rings (SSSR count). The van der Waals surface area contributed by atoms with E-state index >= 15 is 0 Å². The predicted molar refractivity (Wildman–Crippen MR) is 69.0 cm³/mol. The molecule has 0 amide bonds. The molecular formula is C13H10BrFN2O. The predicted octanol–water partition coefficient (Wildman–Crippen LogP) is 3.23. The highest BCUT2D eigenvalue weighted by molar-refractivity contribution is 9.10. The molecule has 1 heterocycles. The summed E-state index contributed by atoms with van der Waals surface area (Å²) in [6.45, 7) is 3.41. The van der Waals surface area contributed by atoms with Gasteiger partial charge < -0.3 is 0 Å². The molecule has 0 saturated heterocycles. The van der Waals surface area contributed by atoms with Gasteiger partial charge in [-0.1, -0.05) is 6.07 Å². The minimum atomic E-state index is -0.559. The maximum absolute atomic E-state index is 13.9. The molecule has 0 aliphatic heterocycles. The number of carbonyl (C=O) groups excluding carboxylic acids is 1. The molecule has 2 aromatic rings. The number of nitrogens with zero attached hydrogens (tertiary/aromatic N) is 2. The minimum absolute atomic E-state index is 0.0277. The fraction of sp³-hybridized carbons (Fsp3) is 0.154. The van der Waals surface area contributed by atoms with Crippen molar-refractivity contribution in [2.45, 2.75) is 13.8 Å². The molecule has 1 aromatic carbocycles. The second kappa shape index (κ2) is 4.94. The zero-order chi connectivity index (χ0) is 13.3. The van der Waals surface area contributed by atoms with E-state index in [0.717, 1.165) is 0 Å². The van der Waals surface area contributed by atoms with Crippen molar-refractivity contribution in [3.05, 3.63) is 57.1 Å². The number of aromatic nitrogens is 2. The fourth-order valence-electron chi connectivity index (χ4n) is 1.60. The highest BCUT2D eigenvalue weighted by atomic mass is 79.9. The summed E-state index contributed by atoms with van der Waals surface area (Å²) in [5, 5.41) is 7.72. The summed E-state index contributed by atoms with van der Waals surface area (Å²) in [4.78, 5) is 12.3. The molecule has 3 nitrogen and oxygen atoms in total. The monoisotopic (exact) mass is 308 g/mol. The third-order valence-electron chi connectivity index (χ3n) is 2.54. The van der Waals surface area contributed by atoms with Gasteiger partial charge in [0, 0.05) is 5.56 Å². The zero-order valence-corrected chi connectivity index (χ0v) is 11.5. The lowest BCUT2D eigenvalue weighted by molar-refractivity contribution is 0.103. The van der Waals surface area contributed by atoms with Crippen molar-refractivity contribution in [1.82, 2.24) is 10.2 Å². The minimum Gasteiger partial charge on any atom is -0.288 e. The van der Waals surface area contributed by atoms with Crippen LogP contribution in [-0.4, -0.2) is 16.0 Å². The molecule has 1 aromatic heterocycles. The summed E-state index contributed by atoms with van der Waals surface area (Å²) in [5.41, 5.74) is 1.52. The van der Waals surface area contributed by atoms with E-state index in [-0.39, 0.29) is 15.8 Å². The van der Waals surface area contributed by atoms with Gasteiger partial charge in [-0.2, -0.15) is 10.2 Å². The van der Waals surface area contributed by atoms with Crippen LogP contribution in [-0.2, 0) is 0 Å². The molecule has 0 unspecified atom stereocenters. The van der Waals surface area contributed by atoms with E-state index in [1.165, 1.54) is 6.07 Å². The molecule has 0 aliphatic carbocycles. The van der Waals surface area contributed by atoms with E-state index < -0.39 is 5.82 Å². The van der Waals surface area contributed by atoms with Crippen molar-refractivity contribution < 1.29 is 9.18 Å². The molecule has 5 heteroatoms. The second-order valence-electron chi connectivity index (χ2n) is 3.92. The van der Waals surface area contributed by atoms with Crippen LogP contribution >= 0.6 is 15.9 Å². The van der Waals surface area contributed by atoms with Gasteiger partial charge in [0.15, 0.2) is 5.78 Å². The highest BCUT2D eigenvalue weighted by Crippen LogP contribution is 2.22. The van der Waals surface area contributed by atoms with Crippen LogP contribution in [0.5, 0.6) is 0 Å².